The second-order valence-corrected chi connectivity index (χ2v) is 10.6. The summed E-state index contributed by atoms with van der Waals surface area (Å²) in [4.78, 5) is 38.5. The standard InChI is InChI=1S/C26H29N7O2S/c1-17-21(12-19(14-29-17)23(34)28-9-11-32-10-5-7-26(32,2)3)31-24(35)20-15-30-33-16-22(36-25(20)33)18-6-4-8-27-13-18/h4,6,8,12-16H,5,7,9-11H2,1-3H3,(H,28,34)(H,31,35). The molecule has 0 saturated carbocycles. The Morgan fingerprint density at radius 3 is 2.81 bits per heavy atom. The lowest BCUT2D eigenvalue weighted by molar-refractivity contribution is 0.0938. The van der Waals surface area contributed by atoms with Crippen molar-refractivity contribution < 1.29 is 9.59 Å². The molecule has 186 valence electrons. The molecule has 36 heavy (non-hydrogen) atoms. The number of aryl methyl sites for hydroxylation is 1. The molecule has 0 spiro atoms. The van der Waals surface area contributed by atoms with Crippen LogP contribution >= 0.6 is 11.3 Å². The van der Waals surface area contributed by atoms with Crippen molar-refractivity contribution in [3.05, 3.63) is 66.0 Å². The van der Waals surface area contributed by atoms with E-state index in [1.54, 1.807) is 36.1 Å². The monoisotopic (exact) mass is 503 g/mol. The first kappa shape index (κ1) is 24.1. The maximum absolute atomic E-state index is 13.1. The van der Waals surface area contributed by atoms with E-state index in [9.17, 15) is 9.59 Å². The van der Waals surface area contributed by atoms with Crippen LogP contribution in [0.4, 0.5) is 5.69 Å². The van der Waals surface area contributed by atoms with Gasteiger partial charge in [0, 0.05) is 49.0 Å². The molecule has 10 heteroatoms. The molecular formula is C26H29N7O2S. The van der Waals surface area contributed by atoms with E-state index in [2.05, 4.69) is 44.4 Å². The van der Waals surface area contributed by atoms with Gasteiger partial charge in [-0.05, 0) is 52.3 Å². The lowest BCUT2D eigenvalue weighted by Crippen LogP contribution is -2.43. The molecule has 1 aliphatic heterocycles. The van der Waals surface area contributed by atoms with Gasteiger partial charge in [0.25, 0.3) is 11.8 Å². The van der Waals surface area contributed by atoms with Gasteiger partial charge in [-0.2, -0.15) is 5.10 Å². The second kappa shape index (κ2) is 9.79. The first-order valence-electron chi connectivity index (χ1n) is 12.0. The third-order valence-corrected chi connectivity index (χ3v) is 7.89. The molecule has 1 saturated heterocycles. The highest BCUT2D eigenvalue weighted by molar-refractivity contribution is 7.21. The van der Waals surface area contributed by atoms with E-state index < -0.39 is 0 Å². The van der Waals surface area contributed by atoms with Crippen LogP contribution in [0.15, 0.2) is 49.2 Å². The van der Waals surface area contributed by atoms with E-state index in [0.717, 1.165) is 28.4 Å². The first-order valence-corrected chi connectivity index (χ1v) is 12.8. The molecule has 5 rings (SSSR count). The molecule has 5 heterocycles. The number of pyridine rings is 2. The van der Waals surface area contributed by atoms with Gasteiger partial charge < -0.3 is 10.6 Å². The van der Waals surface area contributed by atoms with Crippen LogP contribution in [0.2, 0.25) is 0 Å². The normalized spacial score (nSPS) is 15.3. The topological polar surface area (TPSA) is 105 Å². The third-order valence-electron chi connectivity index (χ3n) is 6.72. The largest absolute Gasteiger partial charge is 0.351 e. The van der Waals surface area contributed by atoms with Crippen LogP contribution in [-0.4, -0.2) is 61.5 Å². The Morgan fingerprint density at radius 1 is 1.19 bits per heavy atom. The molecule has 4 aromatic heterocycles. The van der Waals surface area contributed by atoms with Crippen LogP contribution < -0.4 is 10.6 Å². The van der Waals surface area contributed by atoms with Gasteiger partial charge in [0.05, 0.1) is 33.6 Å². The number of anilines is 1. The van der Waals surface area contributed by atoms with Crippen LogP contribution in [0, 0.1) is 6.92 Å². The minimum atomic E-state index is -0.302. The fourth-order valence-corrected chi connectivity index (χ4v) is 5.59. The van der Waals surface area contributed by atoms with Gasteiger partial charge >= 0.3 is 0 Å². The second-order valence-electron chi connectivity index (χ2n) is 9.62. The number of carbonyl (C=O) groups is 2. The molecule has 0 radical (unpaired) electrons. The van der Waals surface area contributed by atoms with Crippen molar-refractivity contribution in [2.24, 2.45) is 0 Å². The Balaban J connectivity index is 1.27. The Bertz CT molecular complexity index is 1410. The summed E-state index contributed by atoms with van der Waals surface area (Å²) in [7, 11) is 0. The number of aromatic nitrogens is 4. The Labute approximate surface area is 213 Å². The Kier molecular flexibility index (Phi) is 6.55. The van der Waals surface area contributed by atoms with E-state index in [4.69, 9.17) is 0 Å². The van der Waals surface area contributed by atoms with Crippen LogP contribution in [0.25, 0.3) is 15.3 Å². The van der Waals surface area contributed by atoms with Crippen molar-refractivity contribution in [3.8, 4) is 10.4 Å². The number of nitrogens with zero attached hydrogens (tertiary/aromatic N) is 5. The smallest absolute Gasteiger partial charge is 0.260 e. The fraction of sp³-hybridized carbons (Fsp3) is 0.346. The van der Waals surface area contributed by atoms with Crippen LogP contribution in [0.3, 0.4) is 0 Å². The third kappa shape index (κ3) is 4.87. The van der Waals surface area contributed by atoms with Crippen LogP contribution in [0.1, 0.15) is 53.1 Å². The van der Waals surface area contributed by atoms with E-state index in [0.29, 0.717) is 29.1 Å². The lowest BCUT2D eigenvalue weighted by Gasteiger charge is -2.31. The SMILES string of the molecule is Cc1ncc(C(=O)NCCN2CCCC2(C)C)cc1NC(=O)c1cnn2cc(-c3cccnc3)sc12. The number of thiazole rings is 1. The van der Waals surface area contributed by atoms with Crippen molar-refractivity contribution >= 4 is 33.7 Å². The zero-order valence-electron chi connectivity index (χ0n) is 20.6. The minimum Gasteiger partial charge on any atom is -0.351 e. The van der Waals surface area contributed by atoms with Gasteiger partial charge in [0.2, 0.25) is 0 Å². The molecule has 4 aromatic rings. The number of nitrogens with one attached hydrogen (secondary N) is 2. The van der Waals surface area contributed by atoms with E-state index in [1.165, 1.54) is 30.4 Å². The van der Waals surface area contributed by atoms with Crippen molar-refractivity contribution in [1.29, 1.82) is 0 Å². The highest BCUT2D eigenvalue weighted by Crippen LogP contribution is 2.30. The summed E-state index contributed by atoms with van der Waals surface area (Å²) in [5.74, 6) is -0.509. The van der Waals surface area contributed by atoms with Crippen molar-refractivity contribution in [2.75, 3.05) is 25.0 Å². The summed E-state index contributed by atoms with van der Waals surface area (Å²) in [5, 5.41) is 10.2. The molecular weight excluding hydrogens is 474 g/mol. The molecule has 0 aromatic carbocycles. The van der Waals surface area contributed by atoms with Gasteiger partial charge in [-0.3, -0.25) is 24.5 Å². The Hall–Kier alpha value is -3.63. The molecule has 2 N–H and O–H groups in total. The van der Waals surface area contributed by atoms with E-state index in [1.807, 2.05) is 18.3 Å². The Morgan fingerprint density at radius 2 is 2.06 bits per heavy atom. The number of carbonyl (C=O) groups excluding carboxylic acids is 2. The van der Waals surface area contributed by atoms with Crippen LogP contribution in [-0.2, 0) is 0 Å². The van der Waals surface area contributed by atoms with E-state index in [-0.39, 0.29) is 17.4 Å². The van der Waals surface area contributed by atoms with Gasteiger partial charge in [0.1, 0.15) is 4.83 Å². The predicted molar refractivity (Wildman–Crippen MR) is 140 cm³/mol. The van der Waals surface area contributed by atoms with Gasteiger partial charge in [-0.25, -0.2) is 4.52 Å². The van der Waals surface area contributed by atoms with Gasteiger partial charge in [-0.1, -0.05) is 6.07 Å². The molecule has 2 amide bonds. The minimum absolute atomic E-state index is 0.175. The summed E-state index contributed by atoms with van der Waals surface area (Å²) < 4.78 is 1.69. The van der Waals surface area contributed by atoms with E-state index >= 15 is 0 Å². The molecule has 0 aliphatic carbocycles. The zero-order chi connectivity index (χ0) is 25.3. The van der Waals surface area contributed by atoms with Crippen molar-refractivity contribution in [2.45, 2.75) is 39.2 Å². The summed E-state index contributed by atoms with van der Waals surface area (Å²) in [6.07, 6.45) is 10.8. The summed E-state index contributed by atoms with van der Waals surface area (Å²) in [6, 6.07) is 5.51. The number of hydrogen-bond acceptors (Lipinski definition) is 7. The number of likely N-dealkylation sites (tertiary alicyclic amines) is 1. The molecule has 0 bridgehead atoms. The fourth-order valence-electron chi connectivity index (χ4n) is 4.54. The highest BCUT2D eigenvalue weighted by Gasteiger charge is 2.31. The first-order chi connectivity index (χ1) is 17.3. The predicted octanol–water partition coefficient (Wildman–Crippen LogP) is 4.02. The summed E-state index contributed by atoms with van der Waals surface area (Å²) in [6.45, 7) is 8.70. The van der Waals surface area contributed by atoms with Crippen LogP contribution in [0.5, 0.6) is 0 Å². The molecule has 9 nitrogen and oxygen atoms in total. The maximum Gasteiger partial charge on any atom is 0.260 e. The number of hydrogen-bond donors (Lipinski definition) is 2. The average molecular weight is 504 g/mol. The van der Waals surface area contributed by atoms with Crippen molar-refractivity contribution in [1.82, 2.24) is 29.8 Å². The summed E-state index contributed by atoms with van der Waals surface area (Å²) >= 11 is 1.47. The highest BCUT2D eigenvalue weighted by atomic mass is 32.1. The van der Waals surface area contributed by atoms with Gasteiger partial charge in [-0.15, -0.1) is 11.3 Å². The number of fused-ring (bicyclic) bond motifs is 1. The maximum atomic E-state index is 13.1. The number of rotatable bonds is 7. The zero-order valence-corrected chi connectivity index (χ0v) is 21.4. The van der Waals surface area contributed by atoms with Crippen molar-refractivity contribution in [3.63, 3.8) is 0 Å². The van der Waals surface area contributed by atoms with Gasteiger partial charge in [0.15, 0.2) is 0 Å². The molecule has 0 unspecified atom stereocenters. The quantitative estimate of drug-likeness (QED) is 0.395. The number of amides is 2. The average Bonchev–Trinajstić information content (AvgIpc) is 3.55. The summed E-state index contributed by atoms with van der Waals surface area (Å²) in [5.41, 5.74) is 3.13. The molecule has 1 aliphatic rings. The molecule has 1 fully saturated rings. The molecule has 0 atom stereocenters. The lowest BCUT2D eigenvalue weighted by atomic mass is 10.0.